The van der Waals surface area contributed by atoms with Crippen LogP contribution >= 0.6 is 0 Å². The van der Waals surface area contributed by atoms with Crippen molar-refractivity contribution in [1.82, 2.24) is 40.7 Å². The van der Waals surface area contributed by atoms with Crippen LogP contribution < -0.4 is 10.2 Å². The number of aryl methyl sites for hydroxylation is 1. The summed E-state index contributed by atoms with van der Waals surface area (Å²) in [6.07, 6.45) is 5.11. The van der Waals surface area contributed by atoms with Crippen molar-refractivity contribution in [2.75, 3.05) is 4.90 Å². The third kappa shape index (κ3) is 3.49. The third-order valence-electron chi connectivity index (χ3n) is 7.51. The summed E-state index contributed by atoms with van der Waals surface area (Å²) >= 11 is 0. The monoisotopic (exact) mass is 465 g/mol. The highest BCUT2D eigenvalue weighted by molar-refractivity contribution is 5.71. The van der Waals surface area contributed by atoms with Gasteiger partial charge in [-0.05, 0) is 63.3 Å². The summed E-state index contributed by atoms with van der Waals surface area (Å²) in [5.74, 6) is 0.891. The smallest absolute Gasteiger partial charge is 0.245 e. The van der Waals surface area contributed by atoms with Gasteiger partial charge in [-0.15, -0.1) is 20.4 Å². The molecule has 10 nitrogen and oxygen atoms in total. The molecule has 2 aromatic heterocycles. The number of phenolic OH excluding ortho intramolecular Hbond substituents is 1. The molecule has 11 heteroatoms. The highest BCUT2D eigenvalue weighted by Gasteiger charge is 2.58. The van der Waals surface area contributed by atoms with Crippen molar-refractivity contribution in [2.24, 2.45) is 7.05 Å². The van der Waals surface area contributed by atoms with E-state index < -0.39 is 11.7 Å². The number of aromatic hydroxyl groups is 1. The second kappa shape index (κ2) is 7.39. The number of piperidine rings is 1. The minimum atomic E-state index is -1.02. The van der Waals surface area contributed by atoms with Crippen molar-refractivity contribution >= 4 is 5.95 Å². The molecule has 0 radical (unpaired) electrons. The summed E-state index contributed by atoms with van der Waals surface area (Å²) in [4.78, 5) is 8.00. The number of anilines is 1. The van der Waals surface area contributed by atoms with E-state index in [4.69, 9.17) is 0 Å². The maximum Gasteiger partial charge on any atom is 0.245 e. The fraction of sp³-hybridized carbons (Fsp3) is 0.565. The first-order valence-electron chi connectivity index (χ1n) is 11.7. The first-order chi connectivity index (χ1) is 16.2. The van der Waals surface area contributed by atoms with Gasteiger partial charge in [0.2, 0.25) is 11.8 Å². The molecular formula is C23H28FN9O. The molecule has 6 rings (SSSR count). The van der Waals surface area contributed by atoms with Crippen LogP contribution in [0.5, 0.6) is 5.75 Å². The van der Waals surface area contributed by atoms with Crippen LogP contribution in [0.4, 0.5) is 10.3 Å². The topological polar surface area (TPSA) is 118 Å². The third-order valence-corrected chi connectivity index (χ3v) is 7.51. The van der Waals surface area contributed by atoms with Gasteiger partial charge in [-0.25, -0.2) is 9.37 Å². The molecule has 3 fully saturated rings. The quantitative estimate of drug-likeness (QED) is 0.586. The molecule has 2 bridgehead atoms. The van der Waals surface area contributed by atoms with Gasteiger partial charge in [0.15, 0.2) is 0 Å². The predicted octanol–water partition coefficient (Wildman–Crippen LogP) is 2.41. The highest BCUT2D eigenvalue weighted by Crippen LogP contribution is 2.47. The number of tetrazole rings is 1. The first-order valence-corrected chi connectivity index (χ1v) is 11.7. The Bertz CT molecular complexity index is 1230. The number of nitrogens with zero attached hydrogens (tertiary/aromatic N) is 8. The van der Waals surface area contributed by atoms with Crippen molar-refractivity contribution in [3.8, 4) is 28.4 Å². The van der Waals surface area contributed by atoms with Crippen molar-refractivity contribution < 1.29 is 9.50 Å². The number of aromatic nitrogens is 7. The zero-order chi connectivity index (χ0) is 23.7. The number of alkyl halides is 1. The molecule has 4 heterocycles. The van der Waals surface area contributed by atoms with Gasteiger partial charge in [0.25, 0.3) is 0 Å². The molecule has 1 aliphatic carbocycles. The summed E-state index contributed by atoms with van der Waals surface area (Å²) in [7, 11) is 1.68. The van der Waals surface area contributed by atoms with E-state index in [9.17, 15) is 5.11 Å². The number of hydrogen-bond acceptors (Lipinski definition) is 9. The minimum Gasteiger partial charge on any atom is -0.507 e. The normalized spacial score (nSPS) is 30.5. The standard InChI is InChI=1S/C23H28FN9O/c1-22-8-9-23(2,30-22)19(24)17(11-22)33(14-5-6-14)21-25-12-16(26-28-21)15-7-4-13(10-18(15)34)20-27-31-32(3)29-20/h4,7,10,12,14,17,19,30,34H,5-6,8-9,11H2,1-3H3/t17-,19-,22-,23+/m0/s1. The van der Waals surface area contributed by atoms with Crippen LogP contribution in [0.3, 0.4) is 0 Å². The summed E-state index contributed by atoms with van der Waals surface area (Å²) in [6, 6.07) is 5.05. The Kier molecular flexibility index (Phi) is 4.64. The van der Waals surface area contributed by atoms with Gasteiger partial charge in [-0.2, -0.15) is 4.80 Å². The first kappa shape index (κ1) is 21.3. The Hall–Kier alpha value is -3.21. The van der Waals surface area contributed by atoms with Crippen LogP contribution in [0.2, 0.25) is 0 Å². The molecule has 2 saturated heterocycles. The largest absolute Gasteiger partial charge is 0.507 e. The number of fused-ring (bicyclic) bond motifs is 2. The Balaban J connectivity index is 1.28. The average molecular weight is 466 g/mol. The summed E-state index contributed by atoms with van der Waals surface area (Å²) in [5, 5.41) is 34.8. The second-order valence-electron chi connectivity index (χ2n) is 10.4. The van der Waals surface area contributed by atoms with E-state index in [0.717, 1.165) is 25.7 Å². The maximum atomic E-state index is 15.8. The van der Waals surface area contributed by atoms with Gasteiger partial charge in [-0.1, -0.05) is 6.07 Å². The molecule has 3 aliphatic rings. The Labute approximate surface area is 196 Å². The lowest BCUT2D eigenvalue weighted by Crippen LogP contribution is -2.66. The van der Waals surface area contributed by atoms with Crippen LogP contribution in [0, 0.1) is 0 Å². The second-order valence-corrected chi connectivity index (χ2v) is 10.4. The zero-order valence-electron chi connectivity index (χ0n) is 19.5. The molecule has 2 N–H and O–H groups in total. The summed E-state index contributed by atoms with van der Waals surface area (Å²) < 4.78 is 15.8. The average Bonchev–Trinajstić information content (AvgIpc) is 3.48. The molecule has 3 aromatic rings. The Morgan fingerprint density at radius 1 is 1.18 bits per heavy atom. The van der Waals surface area contributed by atoms with Crippen molar-refractivity contribution in [3.63, 3.8) is 0 Å². The van der Waals surface area contributed by atoms with Crippen LogP contribution in [0.25, 0.3) is 22.6 Å². The molecule has 0 unspecified atom stereocenters. The van der Waals surface area contributed by atoms with Crippen molar-refractivity contribution in [3.05, 3.63) is 24.4 Å². The molecule has 1 saturated carbocycles. The molecule has 2 aliphatic heterocycles. The highest BCUT2D eigenvalue weighted by atomic mass is 19.1. The van der Waals surface area contributed by atoms with Gasteiger partial charge in [0.05, 0.1) is 19.3 Å². The fourth-order valence-corrected chi connectivity index (χ4v) is 5.67. The molecule has 0 spiro atoms. The van der Waals surface area contributed by atoms with Crippen LogP contribution in [0.1, 0.15) is 46.0 Å². The van der Waals surface area contributed by atoms with E-state index in [1.165, 1.54) is 4.80 Å². The molecule has 1 aromatic carbocycles. The summed E-state index contributed by atoms with van der Waals surface area (Å²) in [5.41, 5.74) is 0.984. The van der Waals surface area contributed by atoms with E-state index in [-0.39, 0.29) is 23.4 Å². The molecule has 4 atom stereocenters. The number of halogens is 1. The lowest BCUT2D eigenvalue weighted by molar-refractivity contribution is 0.0828. The molecule has 0 amide bonds. The zero-order valence-corrected chi connectivity index (χ0v) is 19.5. The van der Waals surface area contributed by atoms with Crippen LogP contribution in [-0.2, 0) is 7.05 Å². The van der Waals surface area contributed by atoms with E-state index in [1.807, 2.05) is 6.92 Å². The predicted molar refractivity (Wildman–Crippen MR) is 123 cm³/mol. The lowest BCUT2D eigenvalue weighted by Gasteiger charge is -2.48. The SMILES string of the molecule is Cn1nnc(-c2ccc(-c3cnc(N(C4CC4)[C@H]4C[C@]5(C)CC[C@@](C)(N5)[C@H]4F)nn3)c(O)c2)n1. The molecule has 34 heavy (non-hydrogen) atoms. The number of hydrogen-bond donors (Lipinski definition) is 2. The van der Waals surface area contributed by atoms with Gasteiger partial charge >= 0.3 is 0 Å². The number of phenols is 1. The Morgan fingerprint density at radius 3 is 2.65 bits per heavy atom. The van der Waals surface area contributed by atoms with Gasteiger partial charge in [-0.3, -0.25) is 0 Å². The van der Waals surface area contributed by atoms with E-state index in [0.29, 0.717) is 35.0 Å². The molecular weight excluding hydrogens is 437 g/mol. The minimum absolute atomic E-state index is 0.0208. The number of nitrogens with one attached hydrogen (secondary N) is 1. The molecule has 178 valence electrons. The van der Waals surface area contributed by atoms with E-state index in [2.05, 4.69) is 47.7 Å². The maximum absolute atomic E-state index is 15.8. The van der Waals surface area contributed by atoms with Gasteiger partial charge in [0, 0.05) is 28.2 Å². The van der Waals surface area contributed by atoms with Gasteiger partial charge in [0.1, 0.15) is 17.6 Å². The van der Waals surface area contributed by atoms with E-state index >= 15 is 4.39 Å². The lowest BCUT2D eigenvalue weighted by atomic mass is 9.82. The van der Waals surface area contributed by atoms with E-state index in [1.54, 1.807) is 31.4 Å². The van der Waals surface area contributed by atoms with Crippen molar-refractivity contribution in [2.45, 2.75) is 75.3 Å². The number of rotatable bonds is 5. The Morgan fingerprint density at radius 2 is 2.00 bits per heavy atom. The van der Waals surface area contributed by atoms with Crippen LogP contribution in [0.15, 0.2) is 24.4 Å². The summed E-state index contributed by atoms with van der Waals surface area (Å²) in [6.45, 7) is 4.18. The number of benzene rings is 1. The fourth-order valence-electron chi connectivity index (χ4n) is 5.67. The van der Waals surface area contributed by atoms with Gasteiger partial charge < -0.3 is 15.3 Å². The van der Waals surface area contributed by atoms with Crippen LogP contribution in [-0.4, -0.2) is 69.8 Å². The van der Waals surface area contributed by atoms with Crippen molar-refractivity contribution in [1.29, 1.82) is 0 Å².